The van der Waals surface area contributed by atoms with Crippen molar-refractivity contribution in [3.63, 3.8) is 0 Å². The van der Waals surface area contributed by atoms with E-state index in [-0.39, 0.29) is 5.91 Å². The van der Waals surface area contributed by atoms with Gasteiger partial charge in [0.2, 0.25) is 0 Å². The fourth-order valence-corrected chi connectivity index (χ4v) is 1.51. The van der Waals surface area contributed by atoms with Crippen LogP contribution in [0.1, 0.15) is 21.9 Å². The quantitative estimate of drug-likeness (QED) is 0.729. The number of anilines is 1. The molecule has 0 aliphatic rings. The van der Waals surface area contributed by atoms with Crippen LogP contribution in [0.4, 0.5) is 5.82 Å². The molecule has 7 heteroatoms. The molecule has 0 spiro atoms. The lowest BCUT2D eigenvalue weighted by atomic mass is 10.2. The van der Waals surface area contributed by atoms with E-state index < -0.39 is 0 Å². The first kappa shape index (κ1) is 12.0. The van der Waals surface area contributed by atoms with Gasteiger partial charge in [-0.25, -0.2) is 9.97 Å². The van der Waals surface area contributed by atoms with Gasteiger partial charge < -0.3 is 10.6 Å². The Hall–Kier alpha value is -2.44. The van der Waals surface area contributed by atoms with E-state index in [4.69, 9.17) is 0 Å². The maximum atomic E-state index is 11.9. The molecule has 0 bridgehead atoms. The molecule has 94 valence electrons. The Morgan fingerprint density at radius 3 is 2.94 bits per heavy atom. The van der Waals surface area contributed by atoms with Gasteiger partial charge in [-0.2, -0.15) is 5.10 Å². The van der Waals surface area contributed by atoms with Crippen LogP contribution < -0.4 is 10.6 Å². The van der Waals surface area contributed by atoms with Gasteiger partial charge in [0.15, 0.2) is 0 Å². The molecule has 0 atom stereocenters. The predicted molar refractivity (Wildman–Crippen MR) is 66.1 cm³/mol. The Balaban J connectivity index is 2.06. The van der Waals surface area contributed by atoms with Crippen LogP contribution in [0.5, 0.6) is 0 Å². The average molecular weight is 246 g/mol. The Morgan fingerprint density at radius 2 is 2.28 bits per heavy atom. The minimum absolute atomic E-state index is 0.173. The minimum atomic E-state index is -0.173. The lowest BCUT2D eigenvalue weighted by Gasteiger charge is -2.06. The van der Waals surface area contributed by atoms with E-state index in [9.17, 15) is 4.79 Å². The number of hydrogen-bond acceptors (Lipinski definition) is 5. The van der Waals surface area contributed by atoms with E-state index >= 15 is 0 Å². The van der Waals surface area contributed by atoms with E-state index in [0.717, 1.165) is 5.69 Å². The number of amides is 1. The number of nitrogens with one attached hydrogen (secondary N) is 3. The second kappa shape index (κ2) is 5.26. The second-order valence-electron chi connectivity index (χ2n) is 3.75. The first-order valence-electron chi connectivity index (χ1n) is 5.48. The number of aromatic nitrogens is 4. The first-order chi connectivity index (χ1) is 8.69. The molecule has 1 amide bonds. The highest BCUT2D eigenvalue weighted by Gasteiger charge is 2.08. The standard InChI is InChI=1S/C11H14N6O/c1-7-3-8(4-9(12-2)16-7)11(18)13-5-10-14-6-15-17-10/h3-4,6H,5H2,1-2H3,(H,12,16)(H,13,18)(H,14,15,17). The van der Waals surface area contributed by atoms with E-state index in [1.165, 1.54) is 6.33 Å². The maximum absolute atomic E-state index is 11.9. The number of hydrogen-bond donors (Lipinski definition) is 3. The monoisotopic (exact) mass is 246 g/mol. The molecule has 0 saturated heterocycles. The zero-order valence-electron chi connectivity index (χ0n) is 10.2. The van der Waals surface area contributed by atoms with Crippen molar-refractivity contribution in [2.75, 3.05) is 12.4 Å². The average Bonchev–Trinajstić information content (AvgIpc) is 2.88. The molecule has 0 fully saturated rings. The fourth-order valence-electron chi connectivity index (χ4n) is 1.51. The van der Waals surface area contributed by atoms with Crippen LogP contribution in [-0.2, 0) is 6.54 Å². The van der Waals surface area contributed by atoms with E-state index in [1.54, 1.807) is 19.2 Å². The summed E-state index contributed by atoms with van der Waals surface area (Å²) < 4.78 is 0. The van der Waals surface area contributed by atoms with Crippen LogP contribution in [0.2, 0.25) is 0 Å². The van der Waals surface area contributed by atoms with Crippen molar-refractivity contribution in [3.05, 3.63) is 35.5 Å². The molecule has 0 radical (unpaired) electrons. The van der Waals surface area contributed by atoms with E-state index in [1.807, 2.05) is 6.92 Å². The van der Waals surface area contributed by atoms with E-state index in [0.29, 0.717) is 23.8 Å². The summed E-state index contributed by atoms with van der Waals surface area (Å²) in [6.07, 6.45) is 1.40. The van der Waals surface area contributed by atoms with Crippen molar-refractivity contribution in [2.45, 2.75) is 13.5 Å². The number of carbonyl (C=O) groups is 1. The van der Waals surface area contributed by atoms with Crippen LogP contribution in [0.15, 0.2) is 18.5 Å². The largest absolute Gasteiger partial charge is 0.373 e. The van der Waals surface area contributed by atoms with Crippen molar-refractivity contribution in [3.8, 4) is 0 Å². The predicted octanol–water partition coefficient (Wildman–Crippen LogP) is 0.480. The highest BCUT2D eigenvalue weighted by molar-refractivity contribution is 5.94. The molecule has 0 aromatic carbocycles. The van der Waals surface area contributed by atoms with Gasteiger partial charge in [0.25, 0.3) is 5.91 Å². The van der Waals surface area contributed by atoms with Crippen LogP contribution in [0.3, 0.4) is 0 Å². The third-order valence-electron chi connectivity index (χ3n) is 2.35. The lowest BCUT2D eigenvalue weighted by Crippen LogP contribution is -2.23. The molecule has 0 aliphatic heterocycles. The zero-order valence-corrected chi connectivity index (χ0v) is 10.2. The smallest absolute Gasteiger partial charge is 0.251 e. The molecule has 2 heterocycles. The Morgan fingerprint density at radius 1 is 1.44 bits per heavy atom. The normalized spacial score (nSPS) is 10.1. The number of pyridine rings is 1. The van der Waals surface area contributed by atoms with Crippen LogP contribution in [0, 0.1) is 6.92 Å². The number of aryl methyl sites for hydroxylation is 1. The number of nitrogens with zero attached hydrogens (tertiary/aromatic N) is 3. The SMILES string of the molecule is CNc1cc(C(=O)NCc2ncn[nH]2)cc(C)n1. The molecule has 2 rings (SSSR count). The maximum Gasteiger partial charge on any atom is 0.251 e. The Kier molecular flexibility index (Phi) is 3.52. The fraction of sp³-hybridized carbons (Fsp3) is 0.273. The van der Waals surface area contributed by atoms with Gasteiger partial charge in [0, 0.05) is 18.3 Å². The summed E-state index contributed by atoms with van der Waals surface area (Å²) >= 11 is 0. The van der Waals surface area contributed by atoms with Gasteiger partial charge in [-0.05, 0) is 19.1 Å². The number of aromatic amines is 1. The molecule has 0 saturated carbocycles. The second-order valence-corrected chi connectivity index (χ2v) is 3.75. The highest BCUT2D eigenvalue weighted by atomic mass is 16.1. The molecule has 7 nitrogen and oxygen atoms in total. The van der Waals surface area contributed by atoms with Crippen molar-refractivity contribution < 1.29 is 4.79 Å². The topological polar surface area (TPSA) is 95.6 Å². The third kappa shape index (κ3) is 2.82. The van der Waals surface area contributed by atoms with Crippen LogP contribution >= 0.6 is 0 Å². The van der Waals surface area contributed by atoms with Crippen molar-refractivity contribution in [1.29, 1.82) is 0 Å². The highest BCUT2D eigenvalue weighted by Crippen LogP contribution is 2.09. The Bertz CT molecular complexity index is 536. The molecular weight excluding hydrogens is 232 g/mol. The molecule has 2 aromatic rings. The minimum Gasteiger partial charge on any atom is -0.373 e. The van der Waals surface area contributed by atoms with Crippen molar-refractivity contribution in [2.24, 2.45) is 0 Å². The first-order valence-corrected chi connectivity index (χ1v) is 5.48. The summed E-state index contributed by atoms with van der Waals surface area (Å²) in [5, 5.41) is 12.0. The molecule has 0 aliphatic carbocycles. The molecule has 3 N–H and O–H groups in total. The summed E-state index contributed by atoms with van der Waals surface area (Å²) in [7, 11) is 1.76. The summed E-state index contributed by atoms with van der Waals surface area (Å²) in [5.41, 5.74) is 1.35. The lowest BCUT2D eigenvalue weighted by molar-refractivity contribution is 0.0949. The number of H-pyrrole nitrogens is 1. The number of rotatable bonds is 4. The molecule has 2 aromatic heterocycles. The van der Waals surface area contributed by atoms with Gasteiger partial charge in [0.1, 0.15) is 18.0 Å². The van der Waals surface area contributed by atoms with Gasteiger partial charge in [-0.1, -0.05) is 0 Å². The zero-order chi connectivity index (χ0) is 13.0. The van der Waals surface area contributed by atoms with Crippen LogP contribution in [-0.4, -0.2) is 33.1 Å². The summed E-state index contributed by atoms with van der Waals surface area (Å²) in [6.45, 7) is 2.16. The molecule has 18 heavy (non-hydrogen) atoms. The van der Waals surface area contributed by atoms with Gasteiger partial charge in [-0.3, -0.25) is 9.89 Å². The van der Waals surface area contributed by atoms with Crippen LogP contribution in [0.25, 0.3) is 0 Å². The Labute approximate surface area is 104 Å². The summed E-state index contributed by atoms with van der Waals surface area (Å²) in [4.78, 5) is 20.1. The van der Waals surface area contributed by atoms with Gasteiger partial charge >= 0.3 is 0 Å². The molecule has 0 unspecified atom stereocenters. The van der Waals surface area contributed by atoms with Crippen molar-refractivity contribution in [1.82, 2.24) is 25.5 Å². The third-order valence-corrected chi connectivity index (χ3v) is 2.35. The van der Waals surface area contributed by atoms with E-state index in [2.05, 4.69) is 30.8 Å². The number of carbonyl (C=O) groups excluding carboxylic acids is 1. The summed E-state index contributed by atoms with van der Waals surface area (Å²) in [5.74, 6) is 1.11. The van der Waals surface area contributed by atoms with Crippen molar-refractivity contribution >= 4 is 11.7 Å². The molecular formula is C11H14N6O. The van der Waals surface area contributed by atoms with Gasteiger partial charge in [0.05, 0.1) is 6.54 Å². The summed E-state index contributed by atoms with van der Waals surface area (Å²) in [6, 6.07) is 3.43. The van der Waals surface area contributed by atoms with Gasteiger partial charge in [-0.15, -0.1) is 0 Å².